The van der Waals surface area contributed by atoms with Gasteiger partial charge in [-0.05, 0) is 105 Å². The van der Waals surface area contributed by atoms with E-state index in [2.05, 4.69) is 57.1 Å². The third-order valence-corrected chi connectivity index (χ3v) is 13.9. The molecule has 8 heteroatoms. The van der Waals surface area contributed by atoms with Crippen LogP contribution in [0.2, 0.25) is 0 Å². The number of unbranched alkanes of at least 4 members (excludes halogenated alkanes) is 5. The van der Waals surface area contributed by atoms with Crippen molar-refractivity contribution in [2.45, 2.75) is 140 Å². The molecule has 0 bridgehead atoms. The summed E-state index contributed by atoms with van der Waals surface area (Å²) in [4.78, 5) is 21.9. The Morgan fingerprint density at radius 1 is 0.927 bits per heavy atom. The van der Waals surface area contributed by atoms with Gasteiger partial charge in [-0.3, -0.25) is 0 Å². The number of fused-ring (bicyclic) bond motifs is 7. The highest BCUT2D eigenvalue weighted by Gasteiger charge is 2.54. The van der Waals surface area contributed by atoms with Crippen LogP contribution < -0.4 is 14.5 Å². The van der Waals surface area contributed by atoms with E-state index < -0.39 is 0 Å². The van der Waals surface area contributed by atoms with Crippen LogP contribution in [-0.4, -0.2) is 57.2 Å². The number of carbonyl (C=O) groups is 1. The van der Waals surface area contributed by atoms with E-state index in [1.54, 1.807) is 5.56 Å². The van der Waals surface area contributed by atoms with Gasteiger partial charge in [0, 0.05) is 54.4 Å². The Kier molecular flexibility index (Phi) is 9.26. The molecule has 0 amide bonds. The van der Waals surface area contributed by atoms with Gasteiger partial charge in [0.25, 0.3) is 0 Å². The van der Waals surface area contributed by atoms with Crippen LogP contribution in [0.25, 0.3) is 17.1 Å². The van der Waals surface area contributed by atoms with Gasteiger partial charge in [-0.1, -0.05) is 80.5 Å². The van der Waals surface area contributed by atoms with Gasteiger partial charge in [-0.2, -0.15) is 4.58 Å². The fourth-order valence-electron chi connectivity index (χ4n) is 11.2. The third kappa shape index (κ3) is 6.28. The summed E-state index contributed by atoms with van der Waals surface area (Å²) in [5.41, 5.74) is 14.7. The van der Waals surface area contributed by atoms with Crippen LogP contribution in [0.3, 0.4) is 0 Å². The zero-order valence-electron chi connectivity index (χ0n) is 32.7. The predicted molar refractivity (Wildman–Crippen MR) is 218 cm³/mol. The average molecular weight is 739 g/mol. The number of hydrogen-bond donors (Lipinski definition) is 0. The van der Waals surface area contributed by atoms with Crippen LogP contribution in [0, 0.1) is 0 Å². The second-order valence-corrected chi connectivity index (χ2v) is 17.4. The van der Waals surface area contributed by atoms with Crippen molar-refractivity contribution in [3.05, 3.63) is 81.9 Å². The Hall–Kier alpha value is -4.46. The summed E-state index contributed by atoms with van der Waals surface area (Å²) in [6.07, 6.45) is 23.3. The molecule has 2 atom stereocenters. The SMILES string of the molecule is CC1(CCCCCCCCC(=O)On2nnc3ccccc32)C2=[N+](CCC3Oc4c(cc5c6c4CCCN6CCC5)C=C23)c2cc(C3CCCCC3)ccc21. The first-order chi connectivity index (χ1) is 27.0. The van der Waals surface area contributed by atoms with E-state index in [1.165, 1.54) is 139 Å². The van der Waals surface area contributed by atoms with E-state index >= 15 is 0 Å². The number of rotatable bonds is 11. The second-order valence-electron chi connectivity index (χ2n) is 17.4. The fourth-order valence-corrected chi connectivity index (χ4v) is 11.2. The van der Waals surface area contributed by atoms with Crippen molar-refractivity contribution >= 4 is 40.2 Å². The molecule has 1 saturated carbocycles. The molecule has 4 aromatic rings. The molecule has 6 aliphatic rings. The molecule has 0 radical (unpaired) electrons. The first-order valence-electron chi connectivity index (χ1n) is 21.7. The lowest BCUT2D eigenvalue weighted by molar-refractivity contribution is -0.444. The van der Waals surface area contributed by atoms with Crippen molar-refractivity contribution in [2.75, 3.05) is 24.5 Å². The maximum atomic E-state index is 12.5. The number of benzene rings is 3. The largest absolute Gasteiger partial charge is 0.484 e. The number of para-hydroxylation sites is 1. The minimum absolute atomic E-state index is 0.0552. The van der Waals surface area contributed by atoms with E-state index in [-0.39, 0.29) is 17.5 Å². The van der Waals surface area contributed by atoms with E-state index in [1.807, 2.05) is 24.3 Å². The molecular formula is C47H56N5O3+. The number of hydrogen-bond acceptors (Lipinski definition) is 6. The Bertz CT molecular complexity index is 2190. The predicted octanol–water partition coefficient (Wildman–Crippen LogP) is 9.56. The molecule has 8 nitrogen and oxygen atoms in total. The monoisotopic (exact) mass is 738 g/mol. The van der Waals surface area contributed by atoms with Crippen molar-refractivity contribution < 1.29 is 18.9 Å². The van der Waals surface area contributed by atoms with Gasteiger partial charge >= 0.3 is 5.97 Å². The van der Waals surface area contributed by atoms with E-state index in [4.69, 9.17) is 9.57 Å². The minimum atomic E-state index is -0.257. The summed E-state index contributed by atoms with van der Waals surface area (Å²) in [5, 5.41) is 8.06. The molecule has 0 saturated heterocycles. The molecule has 5 aliphatic heterocycles. The van der Waals surface area contributed by atoms with Crippen LogP contribution in [-0.2, 0) is 23.1 Å². The first-order valence-corrected chi connectivity index (χ1v) is 21.7. The summed E-state index contributed by atoms with van der Waals surface area (Å²) >= 11 is 0. The Morgan fingerprint density at radius 3 is 2.64 bits per heavy atom. The van der Waals surface area contributed by atoms with Crippen molar-refractivity contribution in [3.63, 3.8) is 0 Å². The topological polar surface area (TPSA) is 72.5 Å². The summed E-state index contributed by atoms with van der Waals surface area (Å²) in [6.45, 7) is 5.93. The number of aromatic nitrogens is 3. The van der Waals surface area contributed by atoms with Gasteiger partial charge in [0.2, 0.25) is 5.69 Å². The fraction of sp³-hybridized carbons (Fsp3) is 0.532. The Balaban J connectivity index is 0.853. The van der Waals surface area contributed by atoms with Crippen LogP contribution in [0.1, 0.15) is 143 Å². The third-order valence-electron chi connectivity index (χ3n) is 13.9. The lowest BCUT2D eigenvalue weighted by Gasteiger charge is -2.40. The molecule has 1 aliphatic carbocycles. The summed E-state index contributed by atoms with van der Waals surface area (Å²) in [5.74, 6) is 1.63. The highest BCUT2D eigenvalue weighted by atomic mass is 16.7. The van der Waals surface area contributed by atoms with E-state index in [0.29, 0.717) is 17.9 Å². The van der Waals surface area contributed by atoms with Gasteiger partial charge in [-0.15, -0.1) is 5.10 Å². The molecule has 0 N–H and O–H groups in total. The number of carbonyl (C=O) groups excluding carboxylic acids is 1. The van der Waals surface area contributed by atoms with Gasteiger partial charge in [0.05, 0.1) is 11.0 Å². The summed E-state index contributed by atoms with van der Waals surface area (Å²) in [6, 6.07) is 17.6. The molecule has 6 heterocycles. The zero-order valence-corrected chi connectivity index (χ0v) is 32.7. The maximum absolute atomic E-state index is 12.5. The summed E-state index contributed by atoms with van der Waals surface area (Å²) in [7, 11) is 0. The first kappa shape index (κ1) is 35.0. The quantitative estimate of drug-likeness (QED) is 0.0868. The van der Waals surface area contributed by atoms with Gasteiger partial charge in [-0.25, -0.2) is 4.79 Å². The molecule has 55 heavy (non-hydrogen) atoms. The molecule has 1 fully saturated rings. The van der Waals surface area contributed by atoms with E-state index in [9.17, 15) is 4.79 Å². The van der Waals surface area contributed by atoms with Gasteiger partial charge in [0.15, 0.2) is 12.3 Å². The average Bonchev–Trinajstić information content (AvgIpc) is 3.74. The second kappa shape index (κ2) is 14.6. The molecule has 286 valence electrons. The van der Waals surface area contributed by atoms with Crippen LogP contribution in [0.4, 0.5) is 11.4 Å². The normalized spacial score (nSPS) is 22.7. The zero-order chi connectivity index (χ0) is 36.9. The molecule has 2 unspecified atom stereocenters. The lowest BCUT2D eigenvalue weighted by atomic mass is 9.70. The van der Waals surface area contributed by atoms with Crippen molar-refractivity contribution in [1.29, 1.82) is 0 Å². The summed E-state index contributed by atoms with van der Waals surface area (Å²) < 4.78 is 9.91. The van der Waals surface area contributed by atoms with Crippen LogP contribution >= 0.6 is 0 Å². The van der Waals surface area contributed by atoms with Crippen molar-refractivity contribution in [1.82, 2.24) is 15.2 Å². The minimum Gasteiger partial charge on any atom is -0.484 e. The molecule has 1 aromatic heterocycles. The highest BCUT2D eigenvalue weighted by Crippen LogP contribution is 2.52. The smallest absolute Gasteiger partial charge is 0.335 e. The standard InChI is InChI=1S/C47H56N5O3/c1-47(25-12-5-3-2-4-9-21-43(53)55-52-40-20-11-10-19-39(40)48-49-52)38-23-22-33(32-15-7-6-8-16-32)31-41(38)51-28-24-42-37(46(47)51)30-35-29-34-17-13-26-50-27-14-18-36(44(34)50)45(35)54-42/h10-11,19-20,22-23,29-32,42H,2-9,12-18,21,24-28H2,1H3/q+1. The Morgan fingerprint density at radius 2 is 1.75 bits per heavy atom. The molecule has 10 rings (SSSR count). The van der Waals surface area contributed by atoms with Crippen LogP contribution in [0.15, 0.2) is 54.1 Å². The van der Waals surface area contributed by atoms with Crippen LogP contribution in [0.5, 0.6) is 5.75 Å². The highest BCUT2D eigenvalue weighted by molar-refractivity contribution is 6.11. The number of anilines is 1. The molecule has 3 aromatic carbocycles. The maximum Gasteiger partial charge on any atom is 0.335 e. The van der Waals surface area contributed by atoms with Gasteiger partial charge < -0.3 is 14.5 Å². The number of ether oxygens (including phenoxy) is 1. The number of aryl methyl sites for hydroxylation is 1. The lowest BCUT2D eigenvalue weighted by Crippen LogP contribution is -2.44. The molecular weight excluding hydrogens is 683 g/mol. The number of nitrogens with zero attached hydrogens (tertiary/aromatic N) is 5. The van der Waals surface area contributed by atoms with Gasteiger partial charge in [0.1, 0.15) is 22.9 Å². The van der Waals surface area contributed by atoms with Crippen molar-refractivity contribution in [2.24, 2.45) is 0 Å². The Labute approximate surface area is 325 Å². The molecule has 0 spiro atoms. The van der Waals surface area contributed by atoms with Crippen molar-refractivity contribution in [3.8, 4) is 5.75 Å². The van der Waals surface area contributed by atoms with E-state index in [0.717, 1.165) is 50.6 Å².